The van der Waals surface area contributed by atoms with Crippen molar-refractivity contribution in [3.05, 3.63) is 82.3 Å². The number of H-pyrrole nitrogens is 1. The number of nitrogens with one attached hydrogen (secondary N) is 2. The first-order valence-electron chi connectivity index (χ1n) is 10.1. The summed E-state index contributed by atoms with van der Waals surface area (Å²) < 4.78 is 0. The van der Waals surface area contributed by atoms with Crippen LogP contribution in [0.1, 0.15) is 35.7 Å². The van der Waals surface area contributed by atoms with E-state index in [1.807, 2.05) is 30.5 Å². The number of hydrogen-bond donors (Lipinski definition) is 2. The van der Waals surface area contributed by atoms with Crippen molar-refractivity contribution in [2.75, 3.05) is 25.0 Å². The van der Waals surface area contributed by atoms with Crippen LogP contribution < -0.4 is 10.9 Å². The molecule has 1 aliphatic rings. The average molecular weight is 390 g/mol. The van der Waals surface area contributed by atoms with Gasteiger partial charge in [0.1, 0.15) is 0 Å². The predicted molar refractivity (Wildman–Crippen MR) is 113 cm³/mol. The summed E-state index contributed by atoms with van der Waals surface area (Å²) in [4.78, 5) is 30.5. The lowest BCUT2D eigenvalue weighted by Gasteiger charge is -2.31. The second kappa shape index (κ2) is 9.43. The zero-order chi connectivity index (χ0) is 19.9. The Morgan fingerprint density at radius 1 is 1.14 bits per heavy atom. The van der Waals surface area contributed by atoms with E-state index in [0.717, 1.165) is 50.3 Å². The van der Waals surface area contributed by atoms with Crippen LogP contribution >= 0.6 is 0 Å². The van der Waals surface area contributed by atoms with Gasteiger partial charge in [-0.15, -0.1) is 0 Å². The maximum absolute atomic E-state index is 12.1. The van der Waals surface area contributed by atoms with Gasteiger partial charge >= 0.3 is 0 Å². The number of anilines is 1. The minimum Gasteiger partial charge on any atom is -0.355 e. The Morgan fingerprint density at radius 3 is 2.79 bits per heavy atom. The third-order valence-electron chi connectivity index (χ3n) is 5.30. The van der Waals surface area contributed by atoms with Crippen molar-refractivity contribution in [1.82, 2.24) is 24.8 Å². The molecule has 0 radical (unpaired) electrons. The molecule has 7 heteroatoms. The summed E-state index contributed by atoms with van der Waals surface area (Å²) in [5, 5.41) is 3.23. The van der Waals surface area contributed by atoms with E-state index in [-0.39, 0.29) is 5.56 Å². The average Bonchev–Trinajstić information content (AvgIpc) is 2.75. The van der Waals surface area contributed by atoms with Gasteiger partial charge in [-0.2, -0.15) is 0 Å². The largest absolute Gasteiger partial charge is 0.355 e. The smallest absolute Gasteiger partial charge is 0.252 e. The predicted octanol–water partition coefficient (Wildman–Crippen LogP) is 2.59. The van der Waals surface area contributed by atoms with Gasteiger partial charge in [0.05, 0.1) is 5.69 Å². The van der Waals surface area contributed by atoms with Crippen molar-refractivity contribution in [2.45, 2.75) is 31.7 Å². The standard InChI is InChI=1S/C22H26N6O/c29-21-14-20(26-22(27-21)25-11-6-19-5-1-2-10-24-19)18-7-12-28(13-8-18)16-17-4-3-9-23-15-17/h1-5,9-10,14-15,18H,6-8,11-13,16H2,(H2,25,26,27,29). The Morgan fingerprint density at radius 2 is 2.03 bits per heavy atom. The highest BCUT2D eigenvalue weighted by atomic mass is 16.1. The van der Waals surface area contributed by atoms with Crippen molar-refractivity contribution < 1.29 is 0 Å². The molecule has 0 atom stereocenters. The molecule has 1 saturated heterocycles. The van der Waals surface area contributed by atoms with Crippen LogP contribution in [0.3, 0.4) is 0 Å². The maximum Gasteiger partial charge on any atom is 0.252 e. The van der Waals surface area contributed by atoms with Crippen molar-refractivity contribution >= 4 is 5.95 Å². The van der Waals surface area contributed by atoms with E-state index in [1.165, 1.54) is 5.56 Å². The first-order chi connectivity index (χ1) is 14.3. The van der Waals surface area contributed by atoms with Gasteiger partial charge in [-0.25, -0.2) is 4.98 Å². The van der Waals surface area contributed by atoms with Crippen molar-refractivity contribution in [3.63, 3.8) is 0 Å². The Balaban J connectivity index is 1.32. The lowest BCUT2D eigenvalue weighted by atomic mass is 9.93. The lowest BCUT2D eigenvalue weighted by molar-refractivity contribution is 0.203. The van der Waals surface area contributed by atoms with E-state index >= 15 is 0 Å². The summed E-state index contributed by atoms with van der Waals surface area (Å²) >= 11 is 0. The molecule has 29 heavy (non-hydrogen) atoms. The fraction of sp³-hybridized carbons (Fsp3) is 0.364. The quantitative estimate of drug-likeness (QED) is 0.645. The lowest BCUT2D eigenvalue weighted by Crippen LogP contribution is -2.33. The van der Waals surface area contributed by atoms with Gasteiger partial charge in [0.2, 0.25) is 5.95 Å². The number of aromatic amines is 1. The molecule has 0 bridgehead atoms. The zero-order valence-corrected chi connectivity index (χ0v) is 16.4. The van der Waals surface area contributed by atoms with E-state index in [2.05, 4.69) is 36.2 Å². The molecule has 2 N–H and O–H groups in total. The monoisotopic (exact) mass is 390 g/mol. The van der Waals surface area contributed by atoms with E-state index in [9.17, 15) is 4.79 Å². The normalized spacial score (nSPS) is 15.3. The van der Waals surface area contributed by atoms with Gasteiger partial charge in [0, 0.05) is 55.8 Å². The van der Waals surface area contributed by atoms with Gasteiger partial charge in [-0.05, 0) is 49.7 Å². The SMILES string of the molecule is O=c1cc(C2CCN(Cc3cccnc3)CC2)nc(NCCc2ccccn2)[nH]1. The van der Waals surface area contributed by atoms with Crippen LogP contribution in [0.4, 0.5) is 5.95 Å². The topological polar surface area (TPSA) is 86.8 Å². The molecule has 0 saturated carbocycles. The van der Waals surface area contributed by atoms with Gasteiger partial charge < -0.3 is 5.32 Å². The van der Waals surface area contributed by atoms with E-state index in [0.29, 0.717) is 18.4 Å². The second-order valence-electron chi connectivity index (χ2n) is 7.43. The van der Waals surface area contributed by atoms with E-state index < -0.39 is 0 Å². The molecule has 1 aliphatic heterocycles. The minimum absolute atomic E-state index is 0.104. The summed E-state index contributed by atoms with van der Waals surface area (Å²) in [5.41, 5.74) is 3.03. The number of likely N-dealkylation sites (tertiary alicyclic amines) is 1. The van der Waals surface area contributed by atoms with Gasteiger partial charge in [0.15, 0.2) is 0 Å². The molecule has 3 aromatic rings. The second-order valence-corrected chi connectivity index (χ2v) is 7.43. The van der Waals surface area contributed by atoms with Crippen LogP contribution in [-0.4, -0.2) is 44.5 Å². The third kappa shape index (κ3) is 5.48. The molecule has 4 rings (SSSR count). The molecular weight excluding hydrogens is 364 g/mol. The van der Waals surface area contributed by atoms with Crippen molar-refractivity contribution in [1.29, 1.82) is 0 Å². The maximum atomic E-state index is 12.1. The highest BCUT2D eigenvalue weighted by Gasteiger charge is 2.22. The zero-order valence-electron chi connectivity index (χ0n) is 16.4. The summed E-state index contributed by atoms with van der Waals surface area (Å²) in [6.07, 6.45) is 8.30. The minimum atomic E-state index is -0.104. The fourth-order valence-corrected chi connectivity index (χ4v) is 3.76. The van der Waals surface area contributed by atoms with Gasteiger partial charge in [-0.1, -0.05) is 12.1 Å². The molecule has 0 spiro atoms. The molecule has 0 aromatic carbocycles. The number of nitrogens with zero attached hydrogens (tertiary/aromatic N) is 4. The molecule has 0 amide bonds. The number of aromatic nitrogens is 4. The van der Waals surface area contributed by atoms with Crippen molar-refractivity contribution in [3.8, 4) is 0 Å². The molecule has 150 valence electrons. The number of rotatable bonds is 7. The molecule has 0 aliphatic carbocycles. The molecule has 1 fully saturated rings. The first kappa shape index (κ1) is 19.3. The van der Waals surface area contributed by atoms with Crippen LogP contribution in [0.15, 0.2) is 59.8 Å². The Hall–Kier alpha value is -3.06. The summed E-state index contributed by atoms with van der Waals surface area (Å²) in [6.45, 7) is 3.59. The first-order valence-corrected chi connectivity index (χ1v) is 10.1. The highest BCUT2D eigenvalue weighted by molar-refractivity contribution is 5.27. The van der Waals surface area contributed by atoms with Crippen LogP contribution in [-0.2, 0) is 13.0 Å². The molecule has 3 aromatic heterocycles. The Bertz CT molecular complexity index is 952. The highest BCUT2D eigenvalue weighted by Crippen LogP contribution is 2.27. The number of pyridine rings is 2. The Labute approximate surface area is 170 Å². The third-order valence-corrected chi connectivity index (χ3v) is 5.30. The molecule has 7 nitrogen and oxygen atoms in total. The van der Waals surface area contributed by atoms with Crippen LogP contribution in [0.2, 0.25) is 0 Å². The van der Waals surface area contributed by atoms with Gasteiger partial charge in [0.25, 0.3) is 5.56 Å². The number of piperidine rings is 1. The molecule has 0 unspecified atom stereocenters. The summed E-state index contributed by atoms with van der Waals surface area (Å²) in [7, 11) is 0. The van der Waals surface area contributed by atoms with Crippen LogP contribution in [0, 0.1) is 0 Å². The van der Waals surface area contributed by atoms with E-state index in [1.54, 1.807) is 18.5 Å². The fourth-order valence-electron chi connectivity index (χ4n) is 3.76. The van der Waals surface area contributed by atoms with Crippen LogP contribution in [0.25, 0.3) is 0 Å². The molecular formula is C22H26N6O. The molecule has 4 heterocycles. The summed E-state index contributed by atoms with van der Waals surface area (Å²) in [5.74, 6) is 0.861. The Kier molecular flexibility index (Phi) is 6.26. The summed E-state index contributed by atoms with van der Waals surface area (Å²) in [6, 6.07) is 11.6. The van der Waals surface area contributed by atoms with Crippen LogP contribution in [0.5, 0.6) is 0 Å². The van der Waals surface area contributed by atoms with Crippen molar-refractivity contribution in [2.24, 2.45) is 0 Å². The number of hydrogen-bond acceptors (Lipinski definition) is 6. The van der Waals surface area contributed by atoms with E-state index in [4.69, 9.17) is 0 Å². The van der Waals surface area contributed by atoms with Gasteiger partial charge in [-0.3, -0.25) is 24.6 Å².